The number of hydrogen-bond donors (Lipinski definition) is 2. The second-order valence-corrected chi connectivity index (χ2v) is 7.45. The Bertz CT molecular complexity index is 950. The van der Waals surface area contributed by atoms with Gasteiger partial charge in [0.1, 0.15) is 0 Å². The average Bonchev–Trinajstić information content (AvgIpc) is 2.72. The van der Waals surface area contributed by atoms with Gasteiger partial charge in [0.05, 0.1) is 6.61 Å². The summed E-state index contributed by atoms with van der Waals surface area (Å²) in [4.78, 5) is 0. The van der Waals surface area contributed by atoms with E-state index >= 15 is 0 Å². The average molecular weight is 392 g/mol. The Balaban J connectivity index is 1.79. The molecule has 0 saturated heterocycles. The van der Waals surface area contributed by atoms with Crippen molar-refractivity contribution in [1.29, 1.82) is 0 Å². The molecule has 3 aromatic rings. The molecule has 0 fully saturated rings. The molecule has 0 aromatic heterocycles. The van der Waals surface area contributed by atoms with E-state index in [4.69, 9.17) is 16.7 Å². The summed E-state index contributed by atoms with van der Waals surface area (Å²) in [6.07, 6.45) is 4.18. The lowest BCUT2D eigenvalue weighted by Crippen LogP contribution is -2.28. The van der Waals surface area contributed by atoms with Crippen molar-refractivity contribution in [2.75, 3.05) is 6.61 Å². The monoisotopic (exact) mass is 391 g/mol. The predicted molar refractivity (Wildman–Crippen MR) is 120 cm³/mol. The first-order valence-corrected chi connectivity index (χ1v) is 9.92. The summed E-state index contributed by atoms with van der Waals surface area (Å²) >= 11 is 6.48. The highest BCUT2D eigenvalue weighted by molar-refractivity contribution is 6.32. The Morgan fingerprint density at radius 2 is 1.71 bits per heavy atom. The summed E-state index contributed by atoms with van der Waals surface area (Å²) in [5, 5.41) is 13.1. The summed E-state index contributed by atoms with van der Waals surface area (Å²) in [7, 11) is 0. The first-order chi connectivity index (χ1) is 13.6. The van der Waals surface area contributed by atoms with Gasteiger partial charge in [0.15, 0.2) is 0 Å². The number of rotatable bonds is 7. The third-order valence-corrected chi connectivity index (χ3v) is 5.22. The first kappa shape index (κ1) is 20.3. The van der Waals surface area contributed by atoms with Crippen molar-refractivity contribution in [3.63, 3.8) is 0 Å². The fourth-order valence-corrected chi connectivity index (χ4v) is 3.38. The van der Waals surface area contributed by atoms with Gasteiger partial charge in [-0.2, -0.15) is 0 Å². The smallest absolute Gasteiger partial charge is 0.0582 e. The lowest BCUT2D eigenvalue weighted by molar-refractivity contribution is 0.251. The molecule has 28 heavy (non-hydrogen) atoms. The van der Waals surface area contributed by atoms with Gasteiger partial charge in [-0.25, -0.2) is 0 Å². The molecule has 0 saturated carbocycles. The van der Waals surface area contributed by atoms with E-state index in [0.29, 0.717) is 6.54 Å². The van der Waals surface area contributed by atoms with Crippen molar-refractivity contribution in [1.82, 2.24) is 5.32 Å². The highest BCUT2D eigenvalue weighted by Gasteiger charge is 2.05. The molecule has 0 aliphatic rings. The van der Waals surface area contributed by atoms with Gasteiger partial charge in [-0.1, -0.05) is 84.4 Å². The lowest BCUT2D eigenvalue weighted by atomic mass is 9.96. The van der Waals surface area contributed by atoms with E-state index in [9.17, 15) is 0 Å². The van der Waals surface area contributed by atoms with Crippen molar-refractivity contribution in [2.45, 2.75) is 26.4 Å². The second kappa shape index (κ2) is 9.70. The molecule has 0 radical (unpaired) electrons. The second-order valence-electron chi connectivity index (χ2n) is 7.04. The fraction of sp³-hybridized carbons (Fsp3) is 0.200. The van der Waals surface area contributed by atoms with Crippen LogP contribution in [-0.4, -0.2) is 17.8 Å². The fourth-order valence-electron chi connectivity index (χ4n) is 3.12. The highest BCUT2D eigenvalue weighted by Crippen LogP contribution is 2.27. The zero-order valence-electron chi connectivity index (χ0n) is 16.3. The van der Waals surface area contributed by atoms with E-state index in [0.717, 1.165) is 16.1 Å². The minimum atomic E-state index is 0.0678. The van der Waals surface area contributed by atoms with Crippen molar-refractivity contribution in [3.05, 3.63) is 94.0 Å². The maximum atomic E-state index is 9.11. The molecule has 0 spiro atoms. The highest BCUT2D eigenvalue weighted by atomic mass is 35.5. The molecular weight excluding hydrogens is 366 g/mol. The van der Waals surface area contributed by atoms with Gasteiger partial charge in [0, 0.05) is 17.6 Å². The minimum absolute atomic E-state index is 0.0678. The van der Waals surface area contributed by atoms with Gasteiger partial charge >= 0.3 is 0 Å². The maximum absolute atomic E-state index is 9.11. The summed E-state index contributed by atoms with van der Waals surface area (Å²) in [6, 6.07) is 23.0. The number of aliphatic hydroxyl groups excluding tert-OH is 1. The predicted octanol–water partition coefficient (Wildman–Crippen LogP) is 5.96. The number of benzene rings is 3. The molecule has 0 aliphatic heterocycles. The molecular formula is C25H26ClNO. The van der Waals surface area contributed by atoms with Gasteiger partial charge < -0.3 is 10.4 Å². The van der Waals surface area contributed by atoms with Crippen LogP contribution in [0.3, 0.4) is 0 Å². The van der Waals surface area contributed by atoms with Gasteiger partial charge in [0.2, 0.25) is 0 Å². The molecule has 0 bridgehead atoms. The Morgan fingerprint density at radius 3 is 2.43 bits per heavy atom. The van der Waals surface area contributed by atoms with Crippen LogP contribution in [0.4, 0.5) is 0 Å². The van der Waals surface area contributed by atoms with Gasteiger partial charge in [-0.05, 0) is 53.3 Å². The molecule has 1 atom stereocenters. The molecule has 0 amide bonds. The van der Waals surface area contributed by atoms with Gasteiger partial charge in [0.25, 0.3) is 0 Å². The zero-order valence-corrected chi connectivity index (χ0v) is 17.1. The van der Waals surface area contributed by atoms with E-state index in [2.05, 4.69) is 72.9 Å². The Labute approximate surface area is 172 Å². The van der Waals surface area contributed by atoms with Crippen LogP contribution < -0.4 is 5.32 Å². The Hall–Kier alpha value is -2.39. The minimum Gasteiger partial charge on any atom is -0.395 e. The van der Waals surface area contributed by atoms with Gasteiger partial charge in [-0.3, -0.25) is 0 Å². The molecule has 2 N–H and O–H groups in total. The summed E-state index contributed by atoms with van der Waals surface area (Å²) in [5.41, 5.74) is 6.99. The van der Waals surface area contributed by atoms with E-state index in [1.54, 1.807) is 0 Å². The van der Waals surface area contributed by atoms with E-state index in [1.165, 1.54) is 22.3 Å². The van der Waals surface area contributed by atoms with Crippen LogP contribution in [0.1, 0.15) is 29.2 Å². The third kappa shape index (κ3) is 5.11. The summed E-state index contributed by atoms with van der Waals surface area (Å²) in [6.45, 7) is 4.91. The van der Waals surface area contributed by atoms with Crippen molar-refractivity contribution in [3.8, 4) is 11.1 Å². The van der Waals surface area contributed by atoms with Crippen LogP contribution in [0.15, 0.2) is 66.7 Å². The van der Waals surface area contributed by atoms with Gasteiger partial charge in [-0.15, -0.1) is 0 Å². The van der Waals surface area contributed by atoms with Crippen molar-refractivity contribution in [2.24, 2.45) is 0 Å². The van der Waals surface area contributed by atoms with Crippen LogP contribution in [0, 0.1) is 6.92 Å². The standard InChI is InChI=1S/C25H26ClNO/c1-18(17-28)27-16-20-11-12-23(25(26)15-20)14-13-21-9-6-10-24(19(21)2)22-7-4-3-5-8-22/h3-15,18,27-28H,16-17H2,1-2H3/b14-13+. The number of halogens is 1. The van der Waals surface area contributed by atoms with E-state index in [-0.39, 0.29) is 12.6 Å². The lowest BCUT2D eigenvalue weighted by Gasteiger charge is -2.11. The molecule has 3 rings (SSSR count). The maximum Gasteiger partial charge on any atom is 0.0582 e. The number of hydrogen-bond acceptors (Lipinski definition) is 2. The van der Waals surface area contributed by atoms with Crippen LogP contribution in [0.5, 0.6) is 0 Å². The van der Waals surface area contributed by atoms with E-state index < -0.39 is 0 Å². The largest absolute Gasteiger partial charge is 0.395 e. The van der Waals surface area contributed by atoms with Crippen molar-refractivity contribution < 1.29 is 5.11 Å². The molecule has 0 aliphatic carbocycles. The number of nitrogens with one attached hydrogen (secondary N) is 1. The quantitative estimate of drug-likeness (QED) is 0.487. The summed E-state index contributed by atoms with van der Waals surface area (Å²) < 4.78 is 0. The summed E-state index contributed by atoms with van der Waals surface area (Å²) in [5.74, 6) is 0. The topological polar surface area (TPSA) is 32.3 Å². The molecule has 144 valence electrons. The first-order valence-electron chi connectivity index (χ1n) is 9.54. The Kier molecular flexibility index (Phi) is 7.05. The molecule has 2 nitrogen and oxygen atoms in total. The normalized spacial score (nSPS) is 12.4. The third-order valence-electron chi connectivity index (χ3n) is 4.90. The molecule has 3 aromatic carbocycles. The Morgan fingerprint density at radius 1 is 0.964 bits per heavy atom. The van der Waals surface area contributed by atoms with Crippen LogP contribution in [0.2, 0.25) is 5.02 Å². The zero-order chi connectivity index (χ0) is 19.9. The molecule has 1 unspecified atom stereocenters. The molecule has 3 heteroatoms. The number of aliphatic hydroxyl groups is 1. The van der Waals surface area contributed by atoms with E-state index in [1.807, 2.05) is 25.1 Å². The van der Waals surface area contributed by atoms with Crippen LogP contribution in [-0.2, 0) is 6.54 Å². The van der Waals surface area contributed by atoms with Crippen LogP contribution >= 0.6 is 11.6 Å². The van der Waals surface area contributed by atoms with Crippen molar-refractivity contribution >= 4 is 23.8 Å². The molecule has 0 heterocycles. The SMILES string of the molecule is Cc1c(/C=C/c2ccc(CNC(C)CO)cc2Cl)cccc1-c1ccccc1. The van der Waals surface area contributed by atoms with Crippen LogP contribution in [0.25, 0.3) is 23.3 Å².